The largest absolute Gasteiger partial charge is 0.462 e. The molecule has 0 saturated carbocycles. The van der Waals surface area contributed by atoms with Crippen LogP contribution in [-0.2, 0) is 23.4 Å². The molecule has 16 heteroatoms. The Hall–Kier alpha value is -3.45. The van der Waals surface area contributed by atoms with Crippen molar-refractivity contribution in [2.45, 2.75) is 57.4 Å². The topological polar surface area (TPSA) is 213 Å². The van der Waals surface area contributed by atoms with Gasteiger partial charge in [0, 0.05) is 11.1 Å². The summed E-state index contributed by atoms with van der Waals surface area (Å²) in [5.41, 5.74) is 13.7. The minimum atomic E-state index is -4.26. The van der Waals surface area contributed by atoms with Crippen LogP contribution in [-0.4, -0.2) is 57.6 Å². The van der Waals surface area contributed by atoms with Crippen LogP contribution in [0.2, 0.25) is 0 Å². The minimum Gasteiger partial charge on any atom is -0.462 e. The molecule has 37 heavy (non-hydrogen) atoms. The normalized spacial score (nSPS) is 23.6. The Balaban J connectivity index is 1.81. The van der Waals surface area contributed by atoms with Gasteiger partial charge in [-0.25, -0.2) is 9.36 Å². The number of aliphatic hydroxyl groups is 1. The van der Waals surface area contributed by atoms with Crippen LogP contribution in [0.5, 0.6) is 5.75 Å². The number of ether oxygens (including phenoxy) is 2. The lowest BCUT2D eigenvalue weighted by Gasteiger charge is -2.25. The zero-order valence-electron chi connectivity index (χ0n) is 20.3. The number of nitrogens with two attached hydrogens (primary N) is 1. The van der Waals surface area contributed by atoms with Gasteiger partial charge in [-0.1, -0.05) is 23.3 Å². The Morgan fingerprint density at radius 3 is 2.68 bits per heavy atom. The van der Waals surface area contributed by atoms with Crippen LogP contribution in [0.4, 0.5) is 5.82 Å². The molecule has 0 unspecified atom stereocenters. The van der Waals surface area contributed by atoms with Gasteiger partial charge in [-0.15, -0.1) is 0 Å². The maximum atomic E-state index is 13.6. The second-order valence-electron chi connectivity index (χ2n) is 8.33. The van der Waals surface area contributed by atoms with Crippen LogP contribution in [0.25, 0.3) is 10.4 Å². The number of rotatable bonds is 11. The molecular formula is C21H28N7O8P. The van der Waals surface area contributed by atoms with Crippen molar-refractivity contribution >= 4 is 19.5 Å². The fourth-order valence-electron chi connectivity index (χ4n) is 3.41. The van der Waals surface area contributed by atoms with Gasteiger partial charge in [0.25, 0.3) is 0 Å². The van der Waals surface area contributed by atoms with Crippen molar-refractivity contribution in [1.82, 2.24) is 14.6 Å². The first-order valence-electron chi connectivity index (χ1n) is 11.2. The van der Waals surface area contributed by atoms with E-state index in [1.54, 1.807) is 32.0 Å². The molecule has 1 aromatic carbocycles. The molecule has 1 fully saturated rings. The highest BCUT2D eigenvalue weighted by Gasteiger charge is 2.46. The van der Waals surface area contributed by atoms with E-state index in [4.69, 9.17) is 29.8 Å². The molecule has 2 aromatic rings. The molecule has 0 spiro atoms. The van der Waals surface area contributed by atoms with Crippen molar-refractivity contribution < 1.29 is 33.0 Å². The predicted molar refractivity (Wildman–Crippen MR) is 130 cm³/mol. The fourth-order valence-corrected chi connectivity index (χ4v) is 4.91. The van der Waals surface area contributed by atoms with Crippen molar-refractivity contribution in [2.24, 2.45) is 5.11 Å². The number of esters is 1. The molecule has 15 nitrogen and oxygen atoms in total. The zero-order valence-corrected chi connectivity index (χ0v) is 21.2. The molecule has 2 heterocycles. The number of carbonyl (C=O) groups excluding carboxylic acids is 1. The van der Waals surface area contributed by atoms with Gasteiger partial charge in [0.1, 0.15) is 36.0 Å². The van der Waals surface area contributed by atoms with Crippen molar-refractivity contribution in [3.63, 3.8) is 0 Å². The number of hydrogen-bond donors (Lipinski definition) is 3. The summed E-state index contributed by atoms with van der Waals surface area (Å²) in [7, 11) is -4.26. The summed E-state index contributed by atoms with van der Waals surface area (Å²) >= 11 is 0. The number of hydrogen-bond acceptors (Lipinski definition) is 11. The van der Waals surface area contributed by atoms with Gasteiger partial charge < -0.3 is 24.8 Å². The minimum absolute atomic E-state index is 0.0322. The Kier molecular flexibility index (Phi) is 9.27. The highest BCUT2D eigenvalue weighted by Crippen LogP contribution is 2.46. The number of aromatic nitrogens is 2. The SMILES string of the molecule is CC(C)OC(=O)[C@H](C)N[P@@](=O)(OC[C@H]1O[C@@H](n2ccc(N)nc2=O)[C@H](N=[N+]=[N-])[C@@H]1O)Oc1ccccc1. The molecule has 4 N–H and O–H groups in total. The van der Waals surface area contributed by atoms with Crippen LogP contribution in [0.1, 0.15) is 27.0 Å². The number of benzene rings is 1. The number of para-hydroxylation sites is 1. The number of nitrogens with one attached hydrogen (secondary N) is 1. The maximum Gasteiger partial charge on any atom is 0.459 e. The summed E-state index contributed by atoms with van der Waals surface area (Å²) in [6.45, 7) is 4.22. The zero-order chi connectivity index (χ0) is 27.2. The summed E-state index contributed by atoms with van der Waals surface area (Å²) in [4.78, 5) is 30.9. The van der Waals surface area contributed by atoms with Crippen LogP contribution in [0, 0.1) is 0 Å². The average molecular weight is 537 g/mol. The number of anilines is 1. The molecule has 0 radical (unpaired) electrons. The lowest BCUT2D eigenvalue weighted by molar-refractivity contribution is -0.149. The molecule has 6 atom stereocenters. The Morgan fingerprint density at radius 2 is 2.05 bits per heavy atom. The second-order valence-corrected chi connectivity index (χ2v) is 10.0. The van der Waals surface area contributed by atoms with Crippen molar-refractivity contribution in [3.8, 4) is 5.75 Å². The second kappa shape index (κ2) is 12.2. The molecule has 1 aliphatic rings. The summed E-state index contributed by atoms with van der Waals surface area (Å²) in [5, 5.41) is 16.8. The summed E-state index contributed by atoms with van der Waals surface area (Å²) < 4.78 is 36.6. The van der Waals surface area contributed by atoms with Crippen LogP contribution < -0.4 is 21.0 Å². The third-order valence-corrected chi connectivity index (χ3v) is 6.73. The Morgan fingerprint density at radius 1 is 1.35 bits per heavy atom. The smallest absolute Gasteiger partial charge is 0.459 e. The van der Waals surface area contributed by atoms with Crippen molar-refractivity contribution in [1.29, 1.82) is 0 Å². The monoisotopic (exact) mass is 537 g/mol. The van der Waals surface area contributed by atoms with E-state index in [0.29, 0.717) is 0 Å². The fraction of sp³-hybridized carbons (Fsp3) is 0.476. The molecule has 1 saturated heterocycles. The summed E-state index contributed by atoms with van der Waals surface area (Å²) in [6, 6.07) is 7.08. The lowest BCUT2D eigenvalue weighted by Crippen LogP contribution is -2.38. The standard InChI is InChI=1S/C21H28N7O8P/c1-12(2)34-20(30)13(3)26-37(32,36-14-7-5-4-6-8-14)33-11-15-18(29)17(25-27-23)19(35-15)28-10-9-16(22)24-21(28)31/h4-10,12-13,15,17-19,29H,11H2,1-3H3,(H,26,32)(H2,22,24,31)/t13-,15+,17+,18+,19+,37+/m0/s1. The predicted octanol–water partition coefficient (Wildman–Crippen LogP) is 1.90. The summed E-state index contributed by atoms with van der Waals surface area (Å²) in [5.74, 6) is -0.540. The van der Waals surface area contributed by atoms with Crippen molar-refractivity contribution in [2.75, 3.05) is 12.3 Å². The van der Waals surface area contributed by atoms with Gasteiger partial charge in [-0.05, 0) is 44.5 Å². The first-order chi connectivity index (χ1) is 17.5. The molecule has 200 valence electrons. The van der Waals surface area contributed by atoms with E-state index in [9.17, 15) is 19.3 Å². The van der Waals surface area contributed by atoms with Crippen LogP contribution in [0.3, 0.4) is 0 Å². The number of aliphatic hydroxyl groups excluding tert-OH is 1. The first kappa shape index (κ1) is 28.1. The highest BCUT2D eigenvalue weighted by atomic mass is 31.2. The van der Waals surface area contributed by atoms with Gasteiger partial charge in [0.2, 0.25) is 0 Å². The average Bonchev–Trinajstić information content (AvgIpc) is 3.13. The Bertz CT molecular complexity index is 1240. The number of nitrogens with zero attached hydrogens (tertiary/aromatic N) is 5. The first-order valence-corrected chi connectivity index (χ1v) is 12.8. The van der Waals surface area contributed by atoms with Crippen LogP contribution in [0.15, 0.2) is 52.5 Å². The lowest BCUT2D eigenvalue weighted by atomic mass is 10.1. The van der Waals surface area contributed by atoms with Gasteiger partial charge in [-0.3, -0.25) is 13.9 Å². The van der Waals surface area contributed by atoms with E-state index in [-0.39, 0.29) is 11.6 Å². The maximum absolute atomic E-state index is 13.6. The van der Waals surface area contributed by atoms with Crippen LogP contribution >= 0.6 is 7.75 Å². The van der Waals surface area contributed by atoms with E-state index in [1.165, 1.54) is 31.3 Å². The van der Waals surface area contributed by atoms with E-state index < -0.39 is 62.6 Å². The van der Waals surface area contributed by atoms with Gasteiger partial charge >= 0.3 is 19.4 Å². The number of azide groups is 1. The summed E-state index contributed by atoms with van der Waals surface area (Å²) in [6.07, 6.45) is -3.05. The van der Waals surface area contributed by atoms with E-state index in [0.717, 1.165) is 4.57 Å². The third-order valence-electron chi connectivity index (χ3n) is 5.08. The Labute approximate surface area is 211 Å². The number of carbonyl (C=O) groups is 1. The quantitative estimate of drug-likeness (QED) is 0.124. The molecule has 1 aliphatic heterocycles. The van der Waals surface area contributed by atoms with Gasteiger partial charge in [0.15, 0.2) is 0 Å². The molecule has 0 bridgehead atoms. The van der Waals surface area contributed by atoms with E-state index in [1.807, 2.05) is 0 Å². The molecule has 1 aromatic heterocycles. The highest BCUT2D eigenvalue weighted by molar-refractivity contribution is 7.52. The molecule has 0 amide bonds. The molecular weight excluding hydrogens is 509 g/mol. The van der Waals surface area contributed by atoms with E-state index in [2.05, 4.69) is 20.1 Å². The van der Waals surface area contributed by atoms with E-state index >= 15 is 0 Å². The third kappa shape index (κ3) is 7.29. The van der Waals surface area contributed by atoms with Crippen molar-refractivity contribution in [3.05, 3.63) is 63.5 Å². The molecule has 3 rings (SSSR count). The van der Waals surface area contributed by atoms with Gasteiger partial charge in [-0.2, -0.15) is 10.1 Å². The van der Waals surface area contributed by atoms with Gasteiger partial charge in [0.05, 0.1) is 18.8 Å². The number of nitrogen functional groups attached to an aromatic ring is 1. The molecule has 0 aliphatic carbocycles.